The van der Waals surface area contributed by atoms with Crippen LogP contribution in [0, 0.1) is 0 Å². The molecule has 1 aromatic rings. The third-order valence-corrected chi connectivity index (χ3v) is 2.53. The van der Waals surface area contributed by atoms with Crippen molar-refractivity contribution in [1.29, 1.82) is 0 Å². The van der Waals surface area contributed by atoms with E-state index >= 15 is 0 Å². The van der Waals surface area contributed by atoms with Crippen LogP contribution in [0.1, 0.15) is 18.5 Å². The number of halogens is 4. The van der Waals surface area contributed by atoms with Crippen LogP contribution in [0.2, 0.25) is 0 Å². The van der Waals surface area contributed by atoms with Crippen LogP contribution in [0.25, 0.3) is 0 Å². The summed E-state index contributed by atoms with van der Waals surface area (Å²) in [4.78, 5) is 0. The summed E-state index contributed by atoms with van der Waals surface area (Å²) in [6.45, 7) is -1.43. The zero-order valence-electron chi connectivity index (χ0n) is 10.2. The fraction of sp³-hybridized carbons (Fsp3) is 0.500. The van der Waals surface area contributed by atoms with E-state index in [4.69, 9.17) is 5.11 Å². The van der Waals surface area contributed by atoms with E-state index in [0.29, 0.717) is 5.56 Å². The van der Waals surface area contributed by atoms with Crippen molar-refractivity contribution in [2.45, 2.75) is 32.1 Å². The van der Waals surface area contributed by atoms with Crippen molar-refractivity contribution in [2.75, 3.05) is 6.54 Å². The summed E-state index contributed by atoms with van der Waals surface area (Å²) in [5.41, 5.74) is 0.711. The molecule has 19 heavy (non-hydrogen) atoms. The van der Waals surface area contributed by atoms with Gasteiger partial charge in [0.1, 0.15) is 11.9 Å². The molecule has 0 saturated carbocycles. The molecule has 2 atom stereocenters. The van der Waals surface area contributed by atoms with Gasteiger partial charge in [0.2, 0.25) is 0 Å². The van der Waals surface area contributed by atoms with Crippen LogP contribution < -0.4 is 10.1 Å². The standard InChI is InChI=1S/C12H15F4NO2/c1-7(17-6-10(18)11(13)14)8-2-4-9(5-3-8)19-12(15)16/h2-5,7,10-12,17-18H,6H2,1H3. The van der Waals surface area contributed by atoms with Gasteiger partial charge in [0.25, 0.3) is 6.43 Å². The average molecular weight is 281 g/mol. The van der Waals surface area contributed by atoms with Gasteiger partial charge < -0.3 is 15.2 Å². The predicted octanol–water partition coefficient (Wildman–Crippen LogP) is 2.56. The van der Waals surface area contributed by atoms with Crippen molar-refractivity contribution in [1.82, 2.24) is 5.32 Å². The molecular weight excluding hydrogens is 266 g/mol. The summed E-state index contributed by atoms with van der Waals surface area (Å²) in [6, 6.07) is 5.52. The van der Waals surface area contributed by atoms with Gasteiger partial charge in [0.05, 0.1) is 0 Å². The first-order valence-electron chi connectivity index (χ1n) is 5.64. The first kappa shape index (κ1) is 15.7. The van der Waals surface area contributed by atoms with E-state index in [9.17, 15) is 17.6 Å². The Bertz CT molecular complexity index is 372. The lowest BCUT2D eigenvalue weighted by Gasteiger charge is -2.17. The topological polar surface area (TPSA) is 41.5 Å². The van der Waals surface area contributed by atoms with Crippen molar-refractivity contribution >= 4 is 0 Å². The lowest BCUT2D eigenvalue weighted by Crippen LogP contribution is -2.33. The fourth-order valence-corrected chi connectivity index (χ4v) is 1.44. The molecule has 108 valence electrons. The van der Waals surface area contributed by atoms with Crippen LogP contribution in [-0.4, -0.2) is 30.8 Å². The number of ether oxygens (including phenoxy) is 1. The third kappa shape index (κ3) is 5.44. The molecule has 0 spiro atoms. The molecule has 7 heteroatoms. The summed E-state index contributed by atoms with van der Waals surface area (Å²) in [7, 11) is 0. The molecular formula is C12H15F4NO2. The quantitative estimate of drug-likeness (QED) is 0.755. The molecule has 1 rings (SSSR count). The number of aliphatic hydroxyl groups excluding tert-OH is 1. The Kier molecular flexibility index (Phi) is 6.04. The Balaban J connectivity index is 2.50. The van der Waals surface area contributed by atoms with Crippen molar-refractivity contribution in [3.05, 3.63) is 29.8 Å². The number of benzene rings is 1. The van der Waals surface area contributed by atoms with Gasteiger partial charge in [0.15, 0.2) is 0 Å². The zero-order valence-corrected chi connectivity index (χ0v) is 10.2. The van der Waals surface area contributed by atoms with Gasteiger partial charge in [-0.1, -0.05) is 12.1 Å². The molecule has 2 N–H and O–H groups in total. The highest BCUT2D eigenvalue weighted by Gasteiger charge is 2.17. The second-order valence-electron chi connectivity index (χ2n) is 3.98. The normalized spacial score (nSPS) is 14.7. The number of hydrogen-bond acceptors (Lipinski definition) is 3. The summed E-state index contributed by atoms with van der Waals surface area (Å²) < 4.78 is 52.2. The SMILES string of the molecule is CC(NCC(O)C(F)F)c1ccc(OC(F)F)cc1. The van der Waals surface area contributed by atoms with Crippen LogP contribution in [-0.2, 0) is 0 Å². The lowest BCUT2D eigenvalue weighted by molar-refractivity contribution is -0.0498. The molecule has 0 bridgehead atoms. The highest BCUT2D eigenvalue weighted by Crippen LogP contribution is 2.19. The summed E-state index contributed by atoms with van der Waals surface area (Å²) in [5.74, 6) is 0.0264. The minimum atomic E-state index is -2.89. The molecule has 0 saturated heterocycles. The van der Waals surface area contributed by atoms with Gasteiger partial charge >= 0.3 is 6.61 Å². The van der Waals surface area contributed by atoms with E-state index in [2.05, 4.69) is 10.1 Å². The van der Waals surface area contributed by atoms with Crippen molar-refractivity contribution in [3.63, 3.8) is 0 Å². The number of nitrogens with one attached hydrogen (secondary N) is 1. The molecule has 1 aromatic carbocycles. The fourth-order valence-electron chi connectivity index (χ4n) is 1.44. The monoisotopic (exact) mass is 281 g/mol. The Morgan fingerprint density at radius 2 is 1.74 bits per heavy atom. The first-order chi connectivity index (χ1) is 8.90. The first-order valence-corrected chi connectivity index (χ1v) is 5.64. The third-order valence-electron chi connectivity index (χ3n) is 2.53. The van der Waals surface area contributed by atoms with E-state index in [1.54, 1.807) is 19.1 Å². The summed E-state index contributed by atoms with van der Waals surface area (Å²) in [6.07, 6.45) is -4.54. The maximum atomic E-state index is 12.1. The summed E-state index contributed by atoms with van der Waals surface area (Å²) >= 11 is 0. The van der Waals surface area contributed by atoms with Crippen molar-refractivity contribution < 1.29 is 27.4 Å². The Morgan fingerprint density at radius 1 is 1.16 bits per heavy atom. The average Bonchev–Trinajstić information content (AvgIpc) is 2.35. The smallest absolute Gasteiger partial charge is 0.387 e. The van der Waals surface area contributed by atoms with Gasteiger partial charge in [-0.05, 0) is 24.6 Å². The molecule has 0 aliphatic rings. The molecule has 0 aromatic heterocycles. The van der Waals surface area contributed by atoms with Gasteiger partial charge in [-0.15, -0.1) is 0 Å². The second kappa shape index (κ2) is 7.30. The number of hydrogen-bond donors (Lipinski definition) is 2. The molecule has 3 nitrogen and oxygen atoms in total. The molecule has 0 fully saturated rings. The minimum Gasteiger partial charge on any atom is -0.435 e. The number of aliphatic hydroxyl groups is 1. The molecule has 0 heterocycles. The van der Waals surface area contributed by atoms with E-state index in [-0.39, 0.29) is 18.3 Å². The molecule has 0 aliphatic carbocycles. The maximum Gasteiger partial charge on any atom is 0.387 e. The minimum absolute atomic E-state index is 0.0264. The molecule has 0 amide bonds. The Hall–Kier alpha value is -1.34. The highest BCUT2D eigenvalue weighted by atomic mass is 19.3. The van der Waals surface area contributed by atoms with Gasteiger partial charge in [0, 0.05) is 12.6 Å². The number of rotatable bonds is 7. The van der Waals surface area contributed by atoms with Crippen LogP contribution in [0.4, 0.5) is 17.6 Å². The molecule has 0 aliphatic heterocycles. The van der Waals surface area contributed by atoms with Crippen LogP contribution >= 0.6 is 0 Å². The second-order valence-corrected chi connectivity index (χ2v) is 3.98. The van der Waals surface area contributed by atoms with Crippen molar-refractivity contribution in [2.24, 2.45) is 0 Å². The Labute approximate surface area is 108 Å². The van der Waals surface area contributed by atoms with Crippen LogP contribution in [0.3, 0.4) is 0 Å². The van der Waals surface area contributed by atoms with Crippen LogP contribution in [0.5, 0.6) is 5.75 Å². The van der Waals surface area contributed by atoms with Crippen molar-refractivity contribution in [3.8, 4) is 5.75 Å². The van der Waals surface area contributed by atoms with E-state index < -0.39 is 19.1 Å². The number of alkyl halides is 4. The summed E-state index contributed by atoms with van der Waals surface area (Å²) in [5, 5.41) is 11.7. The molecule has 2 unspecified atom stereocenters. The van der Waals surface area contributed by atoms with E-state index in [1.165, 1.54) is 12.1 Å². The lowest BCUT2D eigenvalue weighted by atomic mass is 10.1. The van der Waals surface area contributed by atoms with Crippen LogP contribution in [0.15, 0.2) is 24.3 Å². The van der Waals surface area contributed by atoms with E-state index in [1.807, 2.05) is 0 Å². The predicted molar refractivity (Wildman–Crippen MR) is 61.5 cm³/mol. The Morgan fingerprint density at radius 3 is 2.21 bits per heavy atom. The zero-order chi connectivity index (χ0) is 14.4. The van der Waals surface area contributed by atoms with Gasteiger partial charge in [-0.3, -0.25) is 0 Å². The molecule has 0 radical (unpaired) electrons. The van der Waals surface area contributed by atoms with Gasteiger partial charge in [-0.25, -0.2) is 8.78 Å². The highest BCUT2D eigenvalue weighted by molar-refractivity contribution is 5.28. The van der Waals surface area contributed by atoms with Gasteiger partial charge in [-0.2, -0.15) is 8.78 Å². The maximum absolute atomic E-state index is 12.1. The largest absolute Gasteiger partial charge is 0.435 e. The van der Waals surface area contributed by atoms with E-state index in [0.717, 1.165) is 0 Å².